The normalized spacial score (nSPS) is 10.6. The highest BCUT2D eigenvalue weighted by Gasteiger charge is 2.14. The summed E-state index contributed by atoms with van der Waals surface area (Å²) in [7, 11) is 0. The van der Waals surface area contributed by atoms with Crippen LogP contribution in [0.5, 0.6) is 0 Å². The van der Waals surface area contributed by atoms with Crippen LogP contribution in [0.15, 0.2) is 29.8 Å². The lowest BCUT2D eigenvalue weighted by Crippen LogP contribution is -2.12. The number of amides is 2. The van der Waals surface area contributed by atoms with Crippen molar-refractivity contribution in [2.75, 3.05) is 10.6 Å². The van der Waals surface area contributed by atoms with Crippen molar-refractivity contribution < 1.29 is 9.59 Å². The molecule has 3 aromatic rings. The van der Waals surface area contributed by atoms with Gasteiger partial charge in [-0.2, -0.15) is 0 Å². The number of hydrogen-bond donors (Lipinski definition) is 2. The summed E-state index contributed by atoms with van der Waals surface area (Å²) in [4.78, 5) is 32.5. The van der Waals surface area contributed by atoms with E-state index in [0.717, 1.165) is 10.4 Å². The van der Waals surface area contributed by atoms with E-state index in [9.17, 15) is 9.59 Å². The molecule has 0 saturated heterocycles. The van der Waals surface area contributed by atoms with Gasteiger partial charge in [0.25, 0.3) is 5.91 Å². The number of rotatable bonds is 5. The first-order chi connectivity index (χ1) is 12.4. The Morgan fingerprint density at radius 1 is 1.12 bits per heavy atom. The minimum atomic E-state index is -0.385. The molecular formula is C16H12Cl2N4O2S2. The number of carbonyl (C=O) groups excluding carboxylic acids is 2. The Balaban J connectivity index is 1.65. The first kappa shape index (κ1) is 18.8. The van der Waals surface area contributed by atoms with E-state index in [1.807, 2.05) is 12.1 Å². The Labute approximate surface area is 167 Å². The number of nitrogens with one attached hydrogen (secondary N) is 2. The Kier molecular flexibility index (Phi) is 5.87. The van der Waals surface area contributed by atoms with E-state index in [1.165, 1.54) is 29.6 Å². The molecule has 3 rings (SSSR count). The van der Waals surface area contributed by atoms with Gasteiger partial charge in [0, 0.05) is 39.8 Å². The molecule has 0 bridgehead atoms. The van der Waals surface area contributed by atoms with Crippen LogP contribution in [0.25, 0.3) is 0 Å². The largest absolute Gasteiger partial charge is 0.302 e. The zero-order valence-electron chi connectivity index (χ0n) is 13.4. The van der Waals surface area contributed by atoms with Crippen LogP contribution in [0, 0.1) is 0 Å². The average molecular weight is 427 g/mol. The molecule has 0 spiro atoms. The highest BCUT2D eigenvalue weighted by atomic mass is 35.5. The fourth-order valence-electron chi connectivity index (χ4n) is 2.11. The molecule has 0 aliphatic rings. The standard InChI is InChI=1S/C16H12Cl2N4O2S2/c1-8(23)20-16-21-13(7-25-16)14(24)22-15-19-6-12(26-15)4-9-2-10(17)5-11(18)3-9/h2-3,5-7H,4H2,1H3,(H,19,22,24)(H,20,21,23). The average Bonchev–Trinajstić information content (AvgIpc) is 3.15. The lowest BCUT2D eigenvalue weighted by molar-refractivity contribution is -0.114. The lowest BCUT2D eigenvalue weighted by atomic mass is 10.1. The number of thiazole rings is 2. The van der Waals surface area contributed by atoms with Crippen molar-refractivity contribution in [3.8, 4) is 0 Å². The highest BCUT2D eigenvalue weighted by molar-refractivity contribution is 7.15. The van der Waals surface area contributed by atoms with Crippen LogP contribution in [0.4, 0.5) is 10.3 Å². The molecule has 2 amide bonds. The quantitative estimate of drug-likeness (QED) is 0.618. The van der Waals surface area contributed by atoms with Crippen molar-refractivity contribution in [1.82, 2.24) is 9.97 Å². The molecule has 26 heavy (non-hydrogen) atoms. The van der Waals surface area contributed by atoms with E-state index in [4.69, 9.17) is 23.2 Å². The van der Waals surface area contributed by atoms with Gasteiger partial charge in [0.15, 0.2) is 10.3 Å². The lowest BCUT2D eigenvalue weighted by Gasteiger charge is -2.01. The maximum atomic E-state index is 12.2. The summed E-state index contributed by atoms with van der Waals surface area (Å²) in [6, 6.07) is 5.35. The maximum Gasteiger partial charge on any atom is 0.276 e. The first-order valence-corrected chi connectivity index (χ1v) is 9.78. The molecule has 1 aromatic carbocycles. The minimum Gasteiger partial charge on any atom is -0.302 e. The van der Waals surface area contributed by atoms with Gasteiger partial charge >= 0.3 is 0 Å². The molecule has 0 aliphatic heterocycles. The molecule has 134 valence electrons. The van der Waals surface area contributed by atoms with Crippen molar-refractivity contribution in [2.24, 2.45) is 0 Å². The molecular weight excluding hydrogens is 415 g/mol. The Bertz CT molecular complexity index is 951. The van der Waals surface area contributed by atoms with Crippen molar-refractivity contribution in [1.29, 1.82) is 0 Å². The number of nitrogens with zero attached hydrogens (tertiary/aromatic N) is 2. The van der Waals surface area contributed by atoms with E-state index in [-0.39, 0.29) is 17.5 Å². The number of carbonyl (C=O) groups is 2. The molecule has 2 N–H and O–H groups in total. The molecule has 0 radical (unpaired) electrons. The summed E-state index contributed by atoms with van der Waals surface area (Å²) in [6.45, 7) is 1.38. The number of anilines is 2. The van der Waals surface area contributed by atoms with Crippen molar-refractivity contribution >= 4 is 68.0 Å². The summed E-state index contributed by atoms with van der Waals surface area (Å²) in [5, 5.41) is 8.80. The van der Waals surface area contributed by atoms with E-state index >= 15 is 0 Å². The monoisotopic (exact) mass is 426 g/mol. The van der Waals surface area contributed by atoms with Crippen LogP contribution in [-0.4, -0.2) is 21.8 Å². The second-order valence-corrected chi connectivity index (χ2v) is 8.11. The van der Waals surface area contributed by atoms with Gasteiger partial charge in [0.05, 0.1) is 0 Å². The predicted octanol–water partition coefficient (Wildman–Crippen LogP) is 4.71. The molecule has 0 fully saturated rings. The summed E-state index contributed by atoms with van der Waals surface area (Å²) in [6.07, 6.45) is 2.30. The third-order valence-electron chi connectivity index (χ3n) is 3.09. The van der Waals surface area contributed by atoms with Gasteiger partial charge < -0.3 is 5.32 Å². The fraction of sp³-hybridized carbons (Fsp3) is 0.125. The minimum absolute atomic E-state index is 0.220. The third kappa shape index (κ3) is 5.01. The van der Waals surface area contributed by atoms with Crippen LogP contribution in [0.1, 0.15) is 27.9 Å². The van der Waals surface area contributed by atoms with Gasteiger partial charge in [-0.25, -0.2) is 9.97 Å². The van der Waals surface area contributed by atoms with Crippen LogP contribution >= 0.6 is 45.9 Å². The summed E-state index contributed by atoms with van der Waals surface area (Å²) < 4.78 is 0. The van der Waals surface area contributed by atoms with Crippen LogP contribution in [0.3, 0.4) is 0 Å². The number of halogens is 2. The molecule has 0 aliphatic carbocycles. The van der Waals surface area contributed by atoms with Crippen LogP contribution in [0.2, 0.25) is 10.0 Å². The van der Waals surface area contributed by atoms with Crippen molar-refractivity contribution in [3.63, 3.8) is 0 Å². The number of hydrogen-bond acceptors (Lipinski definition) is 6. The highest BCUT2D eigenvalue weighted by Crippen LogP contribution is 2.25. The van der Waals surface area contributed by atoms with Gasteiger partial charge in [0.1, 0.15) is 5.69 Å². The van der Waals surface area contributed by atoms with Crippen molar-refractivity contribution in [2.45, 2.75) is 13.3 Å². The van der Waals surface area contributed by atoms with Gasteiger partial charge in [-0.1, -0.05) is 23.2 Å². The number of aromatic nitrogens is 2. The van der Waals surface area contributed by atoms with Crippen molar-refractivity contribution in [3.05, 3.63) is 56.0 Å². The Hall–Kier alpha value is -2.00. The smallest absolute Gasteiger partial charge is 0.276 e. The third-order valence-corrected chi connectivity index (χ3v) is 5.20. The van der Waals surface area contributed by atoms with Gasteiger partial charge in [-0.3, -0.25) is 14.9 Å². The second-order valence-electron chi connectivity index (χ2n) is 5.26. The number of benzene rings is 1. The topological polar surface area (TPSA) is 84.0 Å². The van der Waals surface area contributed by atoms with Crippen LogP contribution in [-0.2, 0) is 11.2 Å². The molecule has 2 aromatic heterocycles. The Morgan fingerprint density at radius 3 is 2.54 bits per heavy atom. The Morgan fingerprint density at radius 2 is 1.85 bits per heavy atom. The zero-order valence-corrected chi connectivity index (χ0v) is 16.5. The molecule has 10 heteroatoms. The molecule has 0 unspecified atom stereocenters. The van der Waals surface area contributed by atoms with E-state index in [0.29, 0.717) is 26.7 Å². The predicted molar refractivity (Wildman–Crippen MR) is 106 cm³/mol. The molecule has 0 saturated carbocycles. The molecule has 6 nitrogen and oxygen atoms in total. The molecule has 2 heterocycles. The maximum absolute atomic E-state index is 12.2. The van der Waals surface area contributed by atoms with E-state index in [1.54, 1.807) is 17.6 Å². The van der Waals surface area contributed by atoms with Gasteiger partial charge in [-0.15, -0.1) is 22.7 Å². The second kappa shape index (κ2) is 8.13. The van der Waals surface area contributed by atoms with E-state index in [2.05, 4.69) is 20.6 Å². The first-order valence-electron chi connectivity index (χ1n) is 7.33. The summed E-state index contributed by atoms with van der Waals surface area (Å²) in [5.74, 6) is -0.624. The molecule has 0 atom stereocenters. The van der Waals surface area contributed by atoms with Gasteiger partial charge in [0.2, 0.25) is 5.91 Å². The summed E-state index contributed by atoms with van der Waals surface area (Å²) in [5.41, 5.74) is 1.18. The SMILES string of the molecule is CC(=O)Nc1nc(C(=O)Nc2ncc(Cc3cc(Cl)cc(Cl)c3)s2)cs1. The van der Waals surface area contributed by atoms with Gasteiger partial charge in [-0.05, 0) is 23.8 Å². The summed E-state index contributed by atoms with van der Waals surface area (Å²) >= 11 is 14.5. The zero-order chi connectivity index (χ0) is 18.7. The van der Waals surface area contributed by atoms with Crippen LogP contribution < -0.4 is 10.6 Å². The van der Waals surface area contributed by atoms with E-state index < -0.39 is 0 Å². The fourth-order valence-corrected chi connectivity index (χ4v) is 4.26.